The minimum Gasteiger partial charge on any atom is -0.460 e. The first kappa shape index (κ1) is 16.4. The number of halogens is 1. The fraction of sp³-hybridized carbons (Fsp3) is 0.667. The maximum Gasteiger partial charge on any atom is 0.319 e. The lowest BCUT2D eigenvalue weighted by atomic mass is 10.0. The molecule has 0 aromatic heterocycles. The van der Waals surface area contributed by atoms with Crippen LogP contribution in [0, 0.1) is 5.92 Å². The topological polar surface area (TPSA) is 52.6 Å². The minimum absolute atomic E-state index is 0.0451. The van der Waals surface area contributed by atoms with Crippen LogP contribution in [0.1, 0.15) is 40.5 Å². The molecular formula is C12H19IO4. The Morgan fingerprint density at radius 1 is 1.35 bits per heavy atom. The molecule has 4 nitrogen and oxygen atoms in total. The van der Waals surface area contributed by atoms with E-state index in [0.29, 0.717) is 6.42 Å². The number of ether oxygens (including phenoxy) is 1. The van der Waals surface area contributed by atoms with E-state index in [4.69, 9.17) is 4.74 Å². The Kier molecular flexibility index (Phi) is 7.41. The largest absolute Gasteiger partial charge is 0.460 e. The molecule has 0 bridgehead atoms. The van der Waals surface area contributed by atoms with Crippen molar-refractivity contribution in [1.29, 1.82) is 0 Å². The number of hydrogen-bond donors (Lipinski definition) is 0. The van der Waals surface area contributed by atoms with Crippen molar-refractivity contribution in [3.63, 3.8) is 0 Å². The second-order valence-electron chi connectivity index (χ2n) is 4.69. The average molecular weight is 354 g/mol. The predicted octanol–water partition coefficient (Wildman–Crippen LogP) is 3.19. The molecule has 0 heterocycles. The first-order valence-corrected chi connectivity index (χ1v) is 6.33. The number of carbonyl (C=O) groups excluding carboxylic acids is 2. The van der Waals surface area contributed by atoms with Gasteiger partial charge in [-0.05, 0) is 34.1 Å². The SMILES string of the molecule is C/C=C/C[C@H](CC(=O)OC(C)(C)C)C(=O)OI. The van der Waals surface area contributed by atoms with E-state index in [1.807, 2.05) is 19.1 Å². The van der Waals surface area contributed by atoms with E-state index in [-0.39, 0.29) is 12.4 Å². The Bertz CT molecular complexity index is 291. The molecule has 0 rings (SSSR count). The van der Waals surface area contributed by atoms with Gasteiger partial charge in [-0.2, -0.15) is 0 Å². The van der Waals surface area contributed by atoms with Crippen LogP contribution in [0.25, 0.3) is 0 Å². The van der Waals surface area contributed by atoms with E-state index in [2.05, 4.69) is 3.07 Å². The van der Waals surface area contributed by atoms with Crippen LogP contribution in [0.4, 0.5) is 0 Å². The van der Waals surface area contributed by atoms with E-state index in [9.17, 15) is 9.59 Å². The molecule has 0 aromatic carbocycles. The van der Waals surface area contributed by atoms with E-state index in [1.54, 1.807) is 20.8 Å². The van der Waals surface area contributed by atoms with Gasteiger partial charge in [0.15, 0.2) is 23.0 Å². The van der Waals surface area contributed by atoms with Gasteiger partial charge in [0.25, 0.3) is 0 Å². The molecule has 0 aliphatic rings. The molecular weight excluding hydrogens is 335 g/mol. The summed E-state index contributed by atoms with van der Waals surface area (Å²) in [5.41, 5.74) is -0.531. The van der Waals surface area contributed by atoms with Crippen LogP contribution in [0.3, 0.4) is 0 Å². The van der Waals surface area contributed by atoms with Crippen molar-refractivity contribution in [3.8, 4) is 0 Å². The third-order valence-electron chi connectivity index (χ3n) is 1.90. The van der Waals surface area contributed by atoms with Gasteiger partial charge >= 0.3 is 11.9 Å². The van der Waals surface area contributed by atoms with Crippen LogP contribution in [0.15, 0.2) is 12.2 Å². The Hall–Kier alpha value is -0.590. The van der Waals surface area contributed by atoms with Crippen LogP contribution in [0.2, 0.25) is 0 Å². The Labute approximate surface area is 116 Å². The van der Waals surface area contributed by atoms with Crippen LogP contribution in [-0.4, -0.2) is 17.5 Å². The number of allylic oxidation sites excluding steroid dienone is 2. The predicted molar refractivity (Wildman–Crippen MR) is 73.5 cm³/mol. The van der Waals surface area contributed by atoms with Gasteiger partial charge < -0.3 is 7.80 Å². The number of hydrogen-bond acceptors (Lipinski definition) is 4. The number of carbonyl (C=O) groups is 2. The zero-order chi connectivity index (χ0) is 13.5. The summed E-state index contributed by atoms with van der Waals surface area (Å²) in [6.07, 6.45) is 4.20. The highest BCUT2D eigenvalue weighted by molar-refractivity contribution is 14.1. The highest BCUT2D eigenvalue weighted by atomic mass is 127. The molecule has 0 aromatic rings. The monoisotopic (exact) mass is 354 g/mol. The number of esters is 1. The van der Waals surface area contributed by atoms with Crippen molar-refractivity contribution < 1.29 is 17.4 Å². The fourth-order valence-corrected chi connectivity index (χ4v) is 1.57. The second-order valence-corrected chi connectivity index (χ2v) is 5.13. The molecule has 1 atom stereocenters. The van der Waals surface area contributed by atoms with Crippen LogP contribution in [-0.2, 0) is 17.4 Å². The minimum atomic E-state index is -0.531. The molecule has 0 saturated carbocycles. The van der Waals surface area contributed by atoms with Crippen molar-refractivity contribution in [2.75, 3.05) is 0 Å². The third kappa shape index (κ3) is 8.18. The smallest absolute Gasteiger partial charge is 0.319 e. The third-order valence-corrected chi connectivity index (χ3v) is 2.33. The normalized spacial score (nSPS) is 13.5. The lowest BCUT2D eigenvalue weighted by Crippen LogP contribution is -2.27. The average Bonchev–Trinajstić information content (AvgIpc) is 2.20. The zero-order valence-corrected chi connectivity index (χ0v) is 12.8. The molecule has 0 unspecified atom stereocenters. The van der Waals surface area contributed by atoms with Gasteiger partial charge in [0.05, 0.1) is 12.3 Å². The molecule has 0 aliphatic carbocycles. The van der Waals surface area contributed by atoms with Gasteiger partial charge in [0.1, 0.15) is 5.60 Å². The van der Waals surface area contributed by atoms with Crippen molar-refractivity contribution in [2.45, 2.75) is 46.1 Å². The summed E-state index contributed by atoms with van der Waals surface area (Å²) < 4.78 is 9.80. The molecule has 0 amide bonds. The van der Waals surface area contributed by atoms with Gasteiger partial charge in [-0.1, -0.05) is 12.2 Å². The molecule has 0 saturated heterocycles. The van der Waals surface area contributed by atoms with Gasteiger partial charge in [-0.15, -0.1) is 0 Å². The first-order chi connectivity index (χ1) is 7.80. The molecule has 0 aliphatic heterocycles. The van der Waals surface area contributed by atoms with Crippen molar-refractivity contribution in [1.82, 2.24) is 0 Å². The molecule has 0 spiro atoms. The standard InChI is InChI=1S/C12H19IO4/c1-5-6-7-9(11(15)17-13)8-10(14)16-12(2,3)4/h5-6,9H,7-8H2,1-4H3/b6-5+/t9-/m1/s1. The summed E-state index contributed by atoms with van der Waals surface area (Å²) in [4.78, 5) is 23.0. The maximum absolute atomic E-state index is 11.6. The quantitative estimate of drug-likeness (QED) is 0.432. The lowest BCUT2D eigenvalue weighted by Gasteiger charge is -2.20. The highest BCUT2D eigenvalue weighted by Gasteiger charge is 2.25. The molecule has 17 heavy (non-hydrogen) atoms. The Morgan fingerprint density at radius 2 is 1.94 bits per heavy atom. The van der Waals surface area contributed by atoms with Crippen molar-refractivity contribution in [2.24, 2.45) is 5.92 Å². The second kappa shape index (κ2) is 7.68. The molecule has 0 radical (unpaired) electrons. The van der Waals surface area contributed by atoms with Gasteiger partial charge in [0, 0.05) is 0 Å². The first-order valence-electron chi connectivity index (χ1n) is 5.45. The zero-order valence-electron chi connectivity index (χ0n) is 10.7. The molecule has 98 valence electrons. The highest BCUT2D eigenvalue weighted by Crippen LogP contribution is 2.17. The molecule has 0 N–H and O–H groups in total. The summed E-state index contributed by atoms with van der Waals surface area (Å²) in [5.74, 6) is -1.25. The summed E-state index contributed by atoms with van der Waals surface area (Å²) in [7, 11) is 0. The Balaban J connectivity index is 4.42. The van der Waals surface area contributed by atoms with Gasteiger partial charge in [-0.3, -0.25) is 9.59 Å². The van der Waals surface area contributed by atoms with Crippen LogP contribution in [0.5, 0.6) is 0 Å². The molecule has 0 fully saturated rings. The van der Waals surface area contributed by atoms with E-state index in [1.165, 1.54) is 23.0 Å². The van der Waals surface area contributed by atoms with E-state index in [0.717, 1.165) is 0 Å². The van der Waals surface area contributed by atoms with Crippen LogP contribution >= 0.6 is 23.0 Å². The van der Waals surface area contributed by atoms with Crippen molar-refractivity contribution >= 4 is 34.9 Å². The summed E-state index contributed by atoms with van der Waals surface area (Å²) in [6.45, 7) is 7.24. The van der Waals surface area contributed by atoms with E-state index >= 15 is 0 Å². The van der Waals surface area contributed by atoms with Crippen molar-refractivity contribution in [3.05, 3.63) is 12.2 Å². The molecule has 5 heteroatoms. The fourth-order valence-electron chi connectivity index (χ4n) is 1.21. The number of rotatable bonds is 5. The van der Waals surface area contributed by atoms with Gasteiger partial charge in [-0.25, -0.2) is 0 Å². The van der Waals surface area contributed by atoms with Gasteiger partial charge in [0.2, 0.25) is 0 Å². The van der Waals surface area contributed by atoms with Crippen LogP contribution < -0.4 is 0 Å². The Morgan fingerprint density at radius 3 is 2.35 bits per heavy atom. The summed E-state index contributed by atoms with van der Waals surface area (Å²) >= 11 is 1.53. The lowest BCUT2D eigenvalue weighted by molar-refractivity contribution is -0.158. The maximum atomic E-state index is 11.6. The summed E-state index contributed by atoms with van der Waals surface area (Å²) in [5, 5.41) is 0. The summed E-state index contributed by atoms with van der Waals surface area (Å²) in [6, 6.07) is 0. The van der Waals surface area contributed by atoms with E-state index < -0.39 is 17.5 Å².